The van der Waals surface area contributed by atoms with Crippen LogP contribution in [0.5, 0.6) is 5.75 Å². The molecule has 8 heteroatoms. The van der Waals surface area contributed by atoms with Crippen LogP contribution < -0.4 is 9.64 Å². The summed E-state index contributed by atoms with van der Waals surface area (Å²) < 4.78 is 61.3. The number of rotatable bonds is 4. The van der Waals surface area contributed by atoms with E-state index in [0.717, 1.165) is 31.0 Å². The maximum Gasteiger partial charge on any atom is 0.573 e. The van der Waals surface area contributed by atoms with Gasteiger partial charge in [-0.1, -0.05) is 6.58 Å². The smallest absolute Gasteiger partial charge is 0.513 e. The van der Waals surface area contributed by atoms with Crippen molar-refractivity contribution in [2.24, 2.45) is 5.92 Å². The van der Waals surface area contributed by atoms with Crippen LogP contribution in [0.25, 0.3) is 0 Å². The zero-order valence-electron chi connectivity index (χ0n) is 14.9. The Balaban J connectivity index is 1.61. The van der Waals surface area contributed by atoms with Gasteiger partial charge in [0.1, 0.15) is 11.6 Å². The van der Waals surface area contributed by atoms with Gasteiger partial charge in [-0.3, -0.25) is 0 Å². The van der Waals surface area contributed by atoms with Crippen LogP contribution in [0.15, 0.2) is 30.5 Å². The Morgan fingerprint density at radius 2 is 2.00 bits per heavy atom. The van der Waals surface area contributed by atoms with Crippen molar-refractivity contribution in [1.82, 2.24) is 0 Å². The molecule has 1 aromatic rings. The van der Waals surface area contributed by atoms with Crippen molar-refractivity contribution in [2.75, 3.05) is 24.6 Å². The second-order valence-electron chi connectivity index (χ2n) is 7.32. The molecule has 27 heavy (non-hydrogen) atoms. The van der Waals surface area contributed by atoms with Crippen molar-refractivity contribution in [1.29, 1.82) is 0 Å². The van der Waals surface area contributed by atoms with Crippen LogP contribution in [0.2, 0.25) is 0 Å². The number of benzene rings is 1. The number of aliphatic hydroxyl groups excluding tert-OH is 1. The molecule has 1 spiro atoms. The van der Waals surface area contributed by atoms with Crippen molar-refractivity contribution in [3.05, 3.63) is 36.4 Å². The van der Waals surface area contributed by atoms with E-state index in [9.17, 15) is 22.7 Å². The fraction of sp³-hybridized carbons (Fsp3) is 0.579. The Bertz CT molecular complexity index is 674. The molecule has 2 aliphatic heterocycles. The molecule has 2 fully saturated rings. The van der Waals surface area contributed by atoms with Crippen LogP contribution in [0.4, 0.5) is 23.2 Å². The van der Waals surface area contributed by atoms with Crippen LogP contribution in [0.3, 0.4) is 0 Å². The first-order valence-electron chi connectivity index (χ1n) is 8.97. The fourth-order valence-electron chi connectivity index (χ4n) is 3.89. The zero-order chi connectivity index (χ0) is 19.7. The topological polar surface area (TPSA) is 41.9 Å². The molecule has 0 amide bonds. The Kier molecular flexibility index (Phi) is 5.55. The van der Waals surface area contributed by atoms with E-state index >= 15 is 0 Å². The number of halogens is 4. The summed E-state index contributed by atoms with van der Waals surface area (Å²) in [4.78, 5) is 1.73. The van der Waals surface area contributed by atoms with Crippen LogP contribution in [-0.4, -0.2) is 36.8 Å². The van der Waals surface area contributed by atoms with Crippen LogP contribution in [-0.2, 0) is 4.74 Å². The Morgan fingerprint density at radius 1 is 1.30 bits per heavy atom. The van der Waals surface area contributed by atoms with Gasteiger partial charge in [0.15, 0.2) is 0 Å². The normalized spacial score (nSPS) is 22.7. The van der Waals surface area contributed by atoms with Crippen molar-refractivity contribution in [3.8, 4) is 5.75 Å². The summed E-state index contributed by atoms with van der Waals surface area (Å²) in [5, 5.41) is 9.31. The van der Waals surface area contributed by atoms with Gasteiger partial charge in [-0.2, -0.15) is 0 Å². The SMILES string of the molecule is C=C(O)C[C@@H]1CCC2(CCN(c3cc(OC(F)(F)F)ccc3F)CC2)OC1. The Hall–Kier alpha value is -1.96. The quantitative estimate of drug-likeness (QED) is 0.584. The van der Waals surface area contributed by atoms with Crippen LogP contribution in [0, 0.1) is 11.7 Å². The lowest BCUT2D eigenvalue weighted by Gasteiger charge is -2.46. The molecule has 0 radical (unpaired) electrons. The van der Waals surface area contributed by atoms with Gasteiger partial charge in [0, 0.05) is 25.6 Å². The number of piperidine rings is 1. The third-order valence-electron chi connectivity index (χ3n) is 5.32. The highest BCUT2D eigenvalue weighted by Crippen LogP contribution is 2.40. The molecular formula is C19H23F4NO3. The summed E-state index contributed by atoms with van der Waals surface area (Å²) in [5.41, 5.74) is -0.169. The molecule has 0 bridgehead atoms. The number of hydrogen-bond donors (Lipinski definition) is 1. The van der Waals surface area contributed by atoms with Crippen molar-refractivity contribution >= 4 is 5.69 Å². The number of ether oxygens (including phenoxy) is 2. The first-order valence-corrected chi connectivity index (χ1v) is 8.97. The molecule has 3 rings (SSSR count). The Morgan fingerprint density at radius 3 is 2.56 bits per heavy atom. The van der Waals surface area contributed by atoms with Crippen LogP contribution >= 0.6 is 0 Å². The molecular weight excluding hydrogens is 366 g/mol. The highest BCUT2D eigenvalue weighted by Gasteiger charge is 2.40. The average molecular weight is 389 g/mol. The molecule has 0 unspecified atom stereocenters. The molecule has 1 N–H and O–H groups in total. The van der Waals surface area contributed by atoms with Gasteiger partial charge >= 0.3 is 6.36 Å². The van der Waals surface area contributed by atoms with Crippen molar-refractivity contribution < 1.29 is 32.1 Å². The molecule has 2 heterocycles. The summed E-state index contributed by atoms with van der Waals surface area (Å²) >= 11 is 0. The average Bonchev–Trinajstić information content (AvgIpc) is 2.58. The minimum Gasteiger partial charge on any atom is -0.513 e. The lowest BCUT2D eigenvalue weighted by molar-refractivity contribution is -0.274. The standard InChI is InChI=1S/C19H23F4NO3/c1-13(25)10-14-4-5-18(26-12-14)6-8-24(9-7-18)17-11-15(2-3-16(17)20)27-19(21,22)23/h2-3,11,14,25H,1,4-10,12H2/t14-/m0/s1. The molecule has 1 atom stereocenters. The summed E-state index contributed by atoms with van der Waals surface area (Å²) in [6.07, 6.45) is -1.18. The molecule has 4 nitrogen and oxygen atoms in total. The lowest BCUT2D eigenvalue weighted by Crippen LogP contribution is -2.49. The number of aliphatic hydroxyl groups is 1. The third-order valence-corrected chi connectivity index (χ3v) is 5.32. The Labute approximate surface area is 155 Å². The monoisotopic (exact) mass is 389 g/mol. The number of nitrogens with zero attached hydrogens (tertiary/aromatic N) is 1. The second-order valence-corrected chi connectivity index (χ2v) is 7.32. The lowest BCUT2D eigenvalue weighted by atomic mass is 9.81. The molecule has 2 aliphatic rings. The zero-order valence-corrected chi connectivity index (χ0v) is 14.9. The predicted molar refractivity (Wildman–Crippen MR) is 92.3 cm³/mol. The summed E-state index contributed by atoms with van der Waals surface area (Å²) in [6.45, 7) is 5.04. The first-order chi connectivity index (χ1) is 12.7. The molecule has 0 saturated carbocycles. The second kappa shape index (κ2) is 7.58. The van der Waals surface area contributed by atoms with Gasteiger partial charge in [0.2, 0.25) is 0 Å². The van der Waals surface area contributed by atoms with E-state index in [2.05, 4.69) is 11.3 Å². The minimum atomic E-state index is -4.81. The highest BCUT2D eigenvalue weighted by molar-refractivity contribution is 5.52. The van der Waals surface area contributed by atoms with Gasteiger partial charge < -0.3 is 19.5 Å². The summed E-state index contributed by atoms with van der Waals surface area (Å²) in [6, 6.07) is 3.05. The van der Waals surface area contributed by atoms with Gasteiger partial charge in [-0.15, -0.1) is 13.2 Å². The van der Waals surface area contributed by atoms with E-state index in [0.29, 0.717) is 39.0 Å². The van der Waals surface area contributed by atoms with E-state index in [-0.39, 0.29) is 23.0 Å². The van der Waals surface area contributed by atoms with E-state index in [1.807, 2.05) is 0 Å². The molecule has 1 aromatic carbocycles. The summed E-state index contributed by atoms with van der Waals surface area (Å²) in [5.74, 6) is -0.600. The first kappa shape index (κ1) is 19.8. The van der Waals surface area contributed by atoms with E-state index in [4.69, 9.17) is 4.74 Å². The van der Waals surface area contributed by atoms with Crippen LogP contribution in [0.1, 0.15) is 32.1 Å². The maximum atomic E-state index is 14.2. The van der Waals surface area contributed by atoms with Gasteiger partial charge in [-0.05, 0) is 43.7 Å². The molecule has 2 saturated heterocycles. The molecule has 150 valence electrons. The predicted octanol–water partition coefficient (Wildman–Crippen LogP) is 4.95. The number of anilines is 1. The van der Waals surface area contributed by atoms with Gasteiger partial charge in [0.05, 0.1) is 23.7 Å². The van der Waals surface area contributed by atoms with Gasteiger partial charge in [-0.25, -0.2) is 4.39 Å². The van der Waals surface area contributed by atoms with Crippen molar-refractivity contribution in [2.45, 2.75) is 44.1 Å². The minimum absolute atomic E-state index is 0.108. The van der Waals surface area contributed by atoms with Gasteiger partial charge in [0.25, 0.3) is 0 Å². The molecule has 0 aromatic heterocycles. The van der Waals surface area contributed by atoms with E-state index < -0.39 is 17.9 Å². The number of allylic oxidation sites excluding steroid dienone is 1. The number of alkyl halides is 3. The summed E-state index contributed by atoms with van der Waals surface area (Å²) in [7, 11) is 0. The van der Waals surface area contributed by atoms with Crippen molar-refractivity contribution in [3.63, 3.8) is 0 Å². The van der Waals surface area contributed by atoms with E-state index in [1.165, 1.54) is 0 Å². The maximum absolute atomic E-state index is 14.2. The highest BCUT2D eigenvalue weighted by atomic mass is 19.4. The largest absolute Gasteiger partial charge is 0.573 e. The van der Waals surface area contributed by atoms with E-state index in [1.54, 1.807) is 4.90 Å². The fourth-order valence-corrected chi connectivity index (χ4v) is 3.89. The number of hydrogen-bond acceptors (Lipinski definition) is 4. The molecule has 0 aliphatic carbocycles. The third kappa shape index (κ3) is 5.06.